The predicted molar refractivity (Wildman–Crippen MR) is 99.6 cm³/mol. The molecule has 2 aromatic carbocycles. The zero-order valence-electron chi connectivity index (χ0n) is 13.7. The van der Waals surface area contributed by atoms with Gasteiger partial charge in [0.05, 0.1) is 24.2 Å². The van der Waals surface area contributed by atoms with Crippen LogP contribution in [0.1, 0.15) is 23.6 Å². The molecule has 0 radical (unpaired) electrons. The summed E-state index contributed by atoms with van der Waals surface area (Å²) in [6.07, 6.45) is 0.774. The number of methoxy groups -OCH3 is 1. The molecule has 0 spiro atoms. The van der Waals surface area contributed by atoms with Gasteiger partial charge in [0.15, 0.2) is 0 Å². The van der Waals surface area contributed by atoms with Crippen LogP contribution in [0, 0.1) is 0 Å². The van der Waals surface area contributed by atoms with Crippen molar-refractivity contribution in [2.24, 2.45) is 5.10 Å². The maximum absolute atomic E-state index is 9.63. The monoisotopic (exact) mass is 351 g/mol. The molecule has 5 nitrogen and oxygen atoms in total. The lowest BCUT2D eigenvalue weighted by molar-refractivity contribution is 0.414. The molecule has 1 aliphatic rings. The van der Waals surface area contributed by atoms with E-state index in [0.717, 1.165) is 29.0 Å². The minimum atomic E-state index is 0.0249. The molecule has 4 rings (SSSR count). The number of anilines is 1. The van der Waals surface area contributed by atoms with Crippen LogP contribution in [-0.2, 0) is 0 Å². The molecule has 1 aliphatic heterocycles. The second kappa shape index (κ2) is 6.57. The van der Waals surface area contributed by atoms with Crippen molar-refractivity contribution in [3.05, 3.63) is 71.1 Å². The third-order valence-electron chi connectivity index (χ3n) is 4.19. The first-order valence-electron chi connectivity index (χ1n) is 7.95. The average molecular weight is 351 g/mol. The summed E-state index contributed by atoms with van der Waals surface area (Å²) in [7, 11) is 1.66. The van der Waals surface area contributed by atoms with Crippen LogP contribution in [0.3, 0.4) is 0 Å². The van der Waals surface area contributed by atoms with E-state index in [1.54, 1.807) is 12.5 Å². The number of nitrogens with zero attached hydrogens (tertiary/aromatic N) is 3. The van der Waals surface area contributed by atoms with Gasteiger partial charge in [-0.1, -0.05) is 53.8 Å². The summed E-state index contributed by atoms with van der Waals surface area (Å²) in [6.45, 7) is 0. The van der Waals surface area contributed by atoms with Crippen molar-refractivity contribution in [3.8, 4) is 11.6 Å². The lowest BCUT2D eigenvalue weighted by Gasteiger charge is -2.21. The van der Waals surface area contributed by atoms with Gasteiger partial charge in [-0.25, -0.2) is 5.01 Å². The summed E-state index contributed by atoms with van der Waals surface area (Å²) in [5.74, 6) is 0.848. The Bertz CT molecular complexity index is 891. The predicted octanol–water partition coefficient (Wildman–Crippen LogP) is 4.21. The molecule has 1 atom stereocenters. The minimum Gasteiger partial charge on any atom is -0.497 e. The first-order chi connectivity index (χ1) is 12.2. The molecule has 0 saturated heterocycles. The first-order valence-corrected chi connectivity index (χ1v) is 8.83. The topological polar surface area (TPSA) is 58.0 Å². The quantitative estimate of drug-likeness (QED) is 0.765. The van der Waals surface area contributed by atoms with E-state index in [-0.39, 0.29) is 11.9 Å². The number of rotatable bonds is 4. The molecule has 25 heavy (non-hydrogen) atoms. The van der Waals surface area contributed by atoms with E-state index < -0.39 is 0 Å². The summed E-state index contributed by atoms with van der Waals surface area (Å²) in [6, 6.07) is 18.2. The maximum Gasteiger partial charge on any atom is 0.223 e. The lowest BCUT2D eigenvalue weighted by Crippen LogP contribution is -2.18. The number of aromatic nitrogens is 1. The number of aromatic hydroxyl groups is 1. The number of ether oxygens (including phenoxy) is 1. The largest absolute Gasteiger partial charge is 0.497 e. The van der Waals surface area contributed by atoms with Gasteiger partial charge in [-0.2, -0.15) is 10.1 Å². The fourth-order valence-electron chi connectivity index (χ4n) is 2.94. The van der Waals surface area contributed by atoms with Crippen LogP contribution in [0.25, 0.3) is 0 Å². The molecular formula is C19H17N3O2S. The number of hydrazone groups is 1. The summed E-state index contributed by atoms with van der Waals surface area (Å²) in [4.78, 5) is 4.20. The Morgan fingerprint density at radius 2 is 1.88 bits per heavy atom. The van der Waals surface area contributed by atoms with Crippen LogP contribution >= 0.6 is 11.3 Å². The van der Waals surface area contributed by atoms with Crippen LogP contribution in [0.5, 0.6) is 11.6 Å². The number of thiazole rings is 1. The molecule has 1 aromatic heterocycles. The van der Waals surface area contributed by atoms with Gasteiger partial charge in [0, 0.05) is 6.42 Å². The summed E-state index contributed by atoms with van der Waals surface area (Å²) in [5.41, 5.74) is 3.24. The Kier molecular flexibility index (Phi) is 4.11. The average Bonchev–Trinajstić information content (AvgIpc) is 3.29. The Labute approximate surface area is 149 Å². The van der Waals surface area contributed by atoms with E-state index in [9.17, 15) is 5.11 Å². The van der Waals surface area contributed by atoms with E-state index in [4.69, 9.17) is 9.84 Å². The summed E-state index contributed by atoms with van der Waals surface area (Å²) >= 11 is 1.38. The van der Waals surface area contributed by atoms with Crippen LogP contribution in [-0.4, -0.2) is 22.9 Å². The van der Waals surface area contributed by atoms with Gasteiger partial charge in [-0.05, 0) is 23.3 Å². The van der Waals surface area contributed by atoms with Gasteiger partial charge >= 0.3 is 0 Å². The highest BCUT2D eigenvalue weighted by Crippen LogP contribution is 2.39. The summed E-state index contributed by atoms with van der Waals surface area (Å²) in [5, 5.41) is 18.6. The second-order valence-corrected chi connectivity index (χ2v) is 6.58. The van der Waals surface area contributed by atoms with Crippen LogP contribution in [0.15, 0.2) is 65.1 Å². The molecule has 126 valence electrons. The molecule has 0 aliphatic carbocycles. The smallest absolute Gasteiger partial charge is 0.223 e. The molecule has 1 N–H and O–H groups in total. The van der Waals surface area contributed by atoms with Crippen molar-refractivity contribution in [3.63, 3.8) is 0 Å². The van der Waals surface area contributed by atoms with Crippen LogP contribution in [0.2, 0.25) is 0 Å². The molecule has 3 aromatic rings. The third-order valence-corrected chi connectivity index (χ3v) is 5.01. The number of benzene rings is 2. The molecular weight excluding hydrogens is 334 g/mol. The molecule has 1 unspecified atom stereocenters. The van der Waals surface area contributed by atoms with Crippen molar-refractivity contribution >= 4 is 22.2 Å². The highest BCUT2D eigenvalue weighted by Gasteiger charge is 2.31. The van der Waals surface area contributed by atoms with Gasteiger partial charge in [0.2, 0.25) is 11.0 Å². The maximum atomic E-state index is 9.63. The Hall–Kier alpha value is -2.86. The molecule has 2 heterocycles. The van der Waals surface area contributed by atoms with Crippen molar-refractivity contribution in [2.45, 2.75) is 12.5 Å². The molecule has 6 heteroatoms. The van der Waals surface area contributed by atoms with E-state index in [2.05, 4.69) is 17.1 Å². The van der Waals surface area contributed by atoms with Crippen molar-refractivity contribution in [2.75, 3.05) is 12.1 Å². The zero-order chi connectivity index (χ0) is 17.2. The van der Waals surface area contributed by atoms with E-state index in [0.29, 0.717) is 5.13 Å². The van der Waals surface area contributed by atoms with Gasteiger partial charge in [-0.3, -0.25) is 0 Å². The van der Waals surface area contributed by atoms with Gasteiger partial charge in [0.1, 0.15) is 5.75 Å². The SMILES string of the molecule is COc1ccc(C2CC(c3ccccc3)=NN2c2nc(O)cs2)cc1. The second-order valence-electron chi connectivity index (χ2n) is 5.74. The van der Waals surface area contributed by atoms with Crippen molar-refractivity contribution in [1.29, 1.82) is 0 Å². The Morgan fingerprint density at radius 1 is 1.12 bits per heavy atom. The molecule has 0 fully saturated rings. The van der Waals surface area contributed by atoms with Gasteiger partial charge in [0.25, 0.3) is 0 Å². The normalized spacial score (nSPS) is 16.8. The first kappa shape index (κ1) is 15.7. The third kappa shape index (κ3) is 3.08. The molecule has 0 amide bonds. The van der Waals surface area contributed by atoms with E-state index >= 15 is 0 Å². The van der Waals surface area contributed by atoms with Crippen molar-refractivity contribution < 1.29 is 9.84 Å². The van der Waals surface area contributed by atoms with E-state index in [1.807, 2.05) is 47.5 Å². The van der Waals surface area contributed by atoms with Gasteiger partial charge < -0.3 is 9.84 Å². The van der Waals surface area contributed by atoms with Crippen LogP contribution in [0.4, 0.5) is 5.13 Å². The number of hydrogen-bond acceptors (Lipinski definition) is 6. The lowest BCUT2D eigenvalue weighted by atomic mass is 9.98. The van der Waals surface area contributed by atoms with Crippen LogP contribution < -0.4 is 9.75 Å². The highest BCUT2D eigenvalue weighted by molar-refractivity contribution is 7.13. The van der Waals surface area contributed by atoms with Gasteiger partial charge in [-0.15, -0.1) is 0 Å². The van der Waals surface area contributed by atoms with Crippen molar-refractivity contribution in [1.82, 2.24) is 4.98 Å². The highest BCUT2D eigenvalue weighted by atomic mass is 32.1. The Balaban J connectivity index is 1.72. The summed E-state index contributed by atoms with van der Waals surface area (Å²) < 4.78 is 5.25. The molecule has 0 saturated carbocycles. The molecule has 0 bridgehead atoms. The van der Waals surface area contributed by atoms with E-state index in [1.165, 1.54) is 11.3 Å². The Morgan fingerprint density at radius 3 is 2.52 bits per heavy atom. The number of hydrogen-bond donors (Lipinski definition) is 1. The minimum absolute atomic E-state index is 0.0249. The fraction of sp³-hybridized carbons (Fsp3) is 0.158. The standard InChI is InChI=1S/C19H17N3O2S/c1-24-15-9-7-14(8-10-15)17-11-16(13-5-3-2-4-6-13)21-22(17)19-20-18(23)12-25-19/h2-10,12,17,23H,11H2,1H3. The fourth-order valence-corrected chi connectivity index (χ4v) is 3.62. The zero-order valence-corrected chi connectivity index (χ0v) is 14.5.